The monoisotopic (exact) mass is 778 g/mol. The molecule has 8 rings (SSSR count). The van der Waals surface area contributed by atoms with E-state index in [9.17, 15) is 24.0 Å². The van der Waals surface area contributed by atoms with Crippen LogP contribution in [0, 0.1) is 11.3 Å². The fourth-order valence-electron chi connectivity index (χ4n) is 8.52. The number of imide groups is 2. The second-order valence-corrected chi connectivity index (χ2v) is 15.6. The molecule has 4 aliphatic heterocycles. The molecule has 13 nitrogen and oxygen atoms in total. The predicted molar refractivity (Wildman–Crippen MR) is 207 cm³/mol. The van der Waals surface area contributed by atoms with E-state index in [0.29, 0.717) is 28.4 Å². The number of halogens is 1. The third-order valence-electron chi connectivity index (χ3n) is 11.6. The van der Waals surface area contributed by atoms with Crippen LogP contribution in [0.2, 0.25) is 5.02 Å². The second kappa shape index (κ2) is 16.0. The van der Waals surface area contributed by atoms with Gasteiger partial charge in [-0.1, -0.05) is 11.6 Å². The molecule has 3 saturated heterocycles. The lowest BCUT2D eigenvalue weighted by molar-refractivity contribution is -0.136. The number of benzene rings is 3. The van der Waals surface area contributed by atoms with Gasteiger partial charge in [0.25, 0.3) is 17.7 Å². The molecular weight excluding hydrogens is 736 g/mol. The lowest BCUT2D eigenvalue weighted by Crippen LogP contribution is -2.54. The standard InChI is InChI=1S/C42H43ClN6O7/c43-36-22-32(9-3-26(36)23-44)55-30-10-4-27(5-11-30)45-39(51)25-1-6-28(7-2-25)47-18-15-31(16-19-47)56-33-17-20-48(24-33)29-8-12-34-35(21-29)42(54)49(41(34)53)37-13-14-38(50)46-40(37)52/h1-3,6-9,12,21-22,27,30-31,33,37H,4-5,10-11,13-20,24H2,(H,45,51)(H,46,50,52)/t27-,30-,33-,37?/m1/s1. The molecule has 14 heteroatoms. The molecule has 56 heavy (non-hydrogen) atoms. The number of carbonyl (C=O) groups excluding carboxylic acids is 5. The van der Waals surface area contributed by atoms with Crippen molar-refractivity contribution in [3.63, 3.8) is 0 Å². The lowest BCUT2D eigenvalue weighted by atomic mass is 9.92. The van der Waals surface area contributed by atoms with Crippen LogP contribution < -0.4 is 25.2 Å². The summed E-state index contributed by atoms with van der Waals surface area (Å²) in [6, 6.07) is 19.3. The van der Waals surface area contributed by atoms with Gasteiger partial charge in [-0.15, -0.1) is 0 Å². The topological polar surface area (TPSA) is 161 Å². The predicted octanol–water partition coefficient (Wildman–Crippen LogP) is 5.00. The van der Waals surface area contributed by atoms with Crippen molar-refractivity contribution in [1.82, 2.24) is 15.5 Å². The summed E-state index contributed by atoms with van der Waals surface area (Å²) in [6.45, 7) is 3.12. The molecule has 2 N–H and O–H groups in total. The zero-order valence-corrected chi connectivity index (χ0v) is 31.6. The van der Waals surface area contributed by atoms with E-state index >= 15 is 0 Å². The van der Waals surface area contributed by atoms with Gasteiger partial charge in [0.15, 0.2) is 0 Å². The molecule has 3 aromatic carbocycles. The number of anilines is 2. The number of carbonyl (C=O) groups is 5. The van der Waals surface area contributed by atoms with Crippen molar-refractivity contribution in [2.75, 3.05) is 36.0 Å². The van der Waals surface area contributed by atoms with Crippen LogP contribution in [0.4, 0.5) is 11.4 Å². The van der Waals surface area contributed by atoms with E-state index in [4.69, 9.17) is 26.3 Å². The number of nitrogens with zero attached hydrogens (tertiary/aromatic N) is 4. The number of hydrogen-bond acceptors (Lipinski definition) is 10. The van der Waals surface area contributed by atoms with Gasteiger partial charge in [0, 0.05) is 61.6 Å². The molecule has 0 bridgehead atoms. The maximum atomic E-state index is 13.3. The Morgan fingerprint density at radius 2 is 1.46 bits per heavy atom. The minimum Gasteiger partial charge on any atom is -0.490 e. The third kappa shape index (κ3) is 7.81. The van der Waals surface area contributed by atoms with Crippen LogP contribution in [-0.2, 0) is 14.3 Å². The highest BCUT2D eigenvalue weighted by Crippen LogP contribution is 2.33. The lowest BCUT2D eigenvalue weighted by Gasteiger charge is -2.35. The van der Waals surface area contributed by atoms with Gasteiger partial charge in [0.1, 0.15) is 17.9 Å². The van der Waals surface area contributed by atoms with Gasteiger partial charge in [-0.2, -0.15) is 5.26 Å². The first kappa shape index (κ1) is 37.5. The number of nitrogens with one attached hydrogen (secondary N) is 2. The summed E-state index contributed by atoms with van der Waals surface area (Å²) in [5.41, 5.74) is 3.51. The van der Waals surface area contributed by atoms with Gasteiger partial charge in [0.2, 0.25) is 11.8 Å². The fourth-order valence-corrected chi connectivity index (χ4v) is 8.73. The largest absolute Gasteiger partial charge is 0.490 e. The van der Waals surface area contributed by atoms with Crippen molar-refractivity contribution >= 4 is 52.5 Å². The average molecular weight is 779 g/mol. The highest BCUT2D eigenvalue weighted by atomic mass is 35.5. The molecule has 3 aromatic rings. The Bertz CT molecular complexity index is 2090. The van der Waals surface area contributed by atoms with Crippen LogP contribution in [0.1, 0.15) is 94.4 Å². The average Bonchev–Trinajstić information content (AvgIpc) is 3.77. The van der Waals surface area contributed by atoms with Crippen molar-refractivity contribution in [2.45, 2.75) is 88.2 Å². The number of amides is 5. The van der Waals surface area contributed by atoms with Gasteiger partial charge >= 0.3 is 0 Å². The summed E-state index contributed by atoms with van der Waals surface area (Å²) in [5, 5.41) is 14.9. The Hall–Kier alpha value is -5.45. The van der Waals surface area contributed by atoms with E-state index < -0.39 is 29.7 Å². The summed E-state index contributed by atoms with van der Waals surface area (Å²) in [6.07, 6.45) is 6.29. The molecule has 4 fully saturated rings. The number of rotatable bonds is 9. The number of hydrogen-bond donors (Lipinski definition) is 2. The van der Waals surface area contributed by atoms with E-state index in [1.165, 1.54) is 0 Å². The summed E-state index contributed by atoms with van der Waals surface area (Å²) in [5.74, 6) is -1.46. The highest BCUT2D eigenvalue weighted by molar-refractivity contribution is 6.31. The molecule has 1 unspecified atom stereocenters. The molecule has 5 aliphatic rings. The maximum Gasteiger partial charge on any atom is 0.262 e. The van der Waals surface area contributed by atoms with Gasteiger partial charge in [-0.25, -0.2) is 0 Å². The normalized spacial score (nSPS) is 24.2. The van der Waals surface area contributed by atoms with Crippen LogP contribution in [-0.4, -0.2) is 91.0 Å². The van der Waals surface area contributed by atoms with Crippen molar-refractivity contribution in [1.29, 1.82) is 5.26 Å². The Balaban J connectivity index is 0.769. The molecule has 5 amide bonds. The van der Waals surface area contributed by atoms with Gasteiger partial charge in [-0.3, -0.25) is 34.2 Å². The minimum atomic E-state index is -0.988. The number of fused-ring (bicyclic) bond motifs is 1. The SMILES string of the molecule is N#Cc1ccc(O[C@H]2CC[C@H](NC(=O)c3ccc(N4CCC(O[C@@H]5CCN(c6ccc7c(c6)C(=O)N(C6CCC(=O)NC6=O)C7=O)C5)CC4)cc3)CC2)cc1Cl. The van der Waals surface area contributed by atoms with E-state index in [1.807, 2.05) is 30.3 Å². The fraction of sp³-hybridized carbons (Fsp3) is 0.429. The summed E-state index contributed by atoms with van der Waals surface area (Å²) in [7, 11) is 0. The minimum absolute atomic E-state index is 0.0364. The van der Waals surface area contributed by atoms with E-state index in [0.717, 1.165) is 80.9 Å². The quantitative estimate of drug-likeness (QED) is 0.283. The zero-order chi connectivity index (χ0) is 38.9. The number of ether oxygens (including phenoxy) is 2. The molecule has 0 radical (unpaired) electrons. The molecule has 2 atom stereocenters. The molecule has 1 saturated carbocycles. The van der Waals surface area contributed by atoms with Crippen LogP contribution >= 0.6 is 11.6 Å². The second-order valence-electron chi connectivity index (χ2n) is 15.2. The molecule has 0 aromatic heterocycles. The van der Waals surface area contributed by atoms with Crippen LogP contribution in [0.3, 0.4) is 0 Å². The van der Waals surface area contributed by atoms with Gasteiger partial charge < -0.3 is 24.6 Å². The highest BCUT2D eigenvalue weighted by Gasteiger charge is 2.45. The summed E-state index contributed by atoms with van der Waals surface area (Å²) >= 11 is 6.15. The van der Waals surface area contributed by atoms with E-state index in [-0.39, 0.29) is 54.2 Å². The molecule has 1 aliphatic carbocycles. The molecule has 290 valence electrons. The Morgan fingerprint density at radius 3 is 2.18 bits per heavy atom. The Morgan fingerprint density at radius 1 is 0.768 bits per heavy atom. The molecule has 0 spiro atoms. The van der Waals surface area contributed by atoms with Crippen molar-refractivity contribution in [3.05, 3.63) is 87.9 Å². The Labute approximate surface area is 329 Å². The number of nitriles is 1. The molecule has 4 heterocycles. The van der Waals surface area contributed by atoms with Crippen LogP contribution in [0.25, 0.3) is 0 Å². The van der Waals surface area contributed by atoms with Crippen LogP contribution in [0.15, 0.2) is 60.7 Å². The van der Waals surface area contributed by atoms with Gasteiger partial charge in [0.05, 0.1) is 40.0 Å². The first-order chi connectivity index (χ1) is 27.1. The van der Waals surface area contributed by atoms with E-state index in [1.54, 1.807) is 30.3 Å². The first-order valence-corrected chi connectivity index (χ1v) is 19.8. The maximum absolute atomic E-state index is 13.3. The summed E-state index contributed by atoms with van der Waals surface area (Å²) in [4.78, 5) is 69.0. The zero-order valence-electron chi connectivity index (χ0n) is 30.9. The smallest absolute Gasteiger partial charge is 0.262 e. The van der Waals surface area contributed by atoms with Crippen molar-refractivity contribution in [2.24, 2.45) is 0 Å². The third-order valence-corrected chi connectivity index (χ3v) is 11.9. The number of piperidine rings is 2. The van der Waals surface area contributed by atoms with Crippen molar-refractivity contribution < 1.29 is 33.4 Å². The molecular formula is C42H43ClN6O7. The van der Waals surface area contributed by atoms with Crippen LogP contribution in [0.5, 0.6) is 5.75 Å². The van der Waals surface area contributed by atoms with Gasteiger partial charge in [-0.05, 0) is 106 Å². The van der Waals surface area contributed by atoms with E-state index in [2.05, 4.69) is 26.5 Å². The summed E-state index contributed by atoms with van der Waals surface area (Å²) < 4.78 is 12.7. The Kier molecular flexibility index (Phi) is 10.7. The first-order valence-electron chi connectivity index (χ1n) is 19.4. The van der Waals surface area contributed by atoms with Crippen molar-refractivity contribution in [3.8, 4) is 11.8 Å².